The van der Waals surface area contributed by atoms with Crippen LogP contribution in [0.1, 0.15) is 24.9 Å². The highest BCUT2D eigenvalue weighted by Crippen LogP contribution is 2.36. The monoisotopic (exact) mass is 251 g/mol. The Labute approximate surface area is 101 Å². The Morgan fingerprint density at radius 3 is 2.60 bits per heavy atom. The zero-order valence-corrected chi connectivity index (χ0v) is 10.2. The molecule has 0 aliphatic heterocycles. The highest BCUT2D eigenvalue weighted by molar-refractivity contribution is 6.32. The molecule has 0 aliphatic carbocycles. The van der Waals surface area contributed by atoms with Crippen LogP contribution in [0, 0.1) is 0 Å². The van der Waals surface area contributed by atoms with Gasteiger partial charge in [0, 0.05) is 6.04 Å². The van der Waals surface area contributed by atoms with Crippen molar-refractivity contribution in [1.82, 2.24) is 0 Å². The molecule has 0 heterocycles. The van der Waals surface area contributed by atoms with Crippen molar-refractivity contribution in [3.8, 4) is 11.5 Å². The lowest BCUT2D eigenvalue weighted by Crippen LogP contribution is -2.08. The molecule has 3 nitrogen and oxygen atoms in total. The number of phenols is 1. The summed E-state index contributed by atoms with van der Waals surface area (Å²) >= 11 is 5.81. The Kier molecular flexibility index (Phi) is 5.80. The Morgan fingerprint density at radius 1 is 1.53 bits per heavy atom. The number of ether oxygens (including phenoxy) is 1. The number of benzene rings is 1. The maximum absolute atomic E-state index is 9.48. The van der Waals surface area contributed by atoms with E-state index in [0.717, 1.165) is 12.0 Å². The second kappa shape index (κ2) is 6.05. The van der Waals surface area contributed by atoms with E-state index in [-0.39, 0.29) is 29.2 Å². The fraction of sp³-hybridized carbons (Fsp3) is 0.400. The van der Waals surface area contributed by atoms with Gasteiger partial charge in [0.15, 0.2) is 11.5 Å². The van der Waals surface area contributed by atoms with Crippen LogP contribution in [-0.2, 0) is 0 Å². The summed E-state index contributed by atoms with van der Waals surface area (Å²) in [6.45, 7) is 1.98. The molecule has 1 aromatic carbocycles. The van der Waals surface area contributed by atoms with E-state index in [1.807, 2.05) is 6.92 Å². The van der Waals surface area contributed by atoms with Crippen LogP contribution in [0.25, 0.3) is 0 Å². The van der Waals surface area contributed by atoms with Gasteiger partial charge in [-0.25, -0.2) is 0 Å². The predicted molar refractivity (Wildman–Crippen MR) is 64.1 cm³/mol. The molecule has 0 unspecified atom stereocenters. The molecule has 1 rings (SSSR count). The van der Waals surface area contributed by atoms with Crippen LogP contribution in [0.4, 0.5) is 0 Å². The molecule has 0 saturated carbocycles. The zero-order valence-electron chi connectivity index (χ0n) is 8.66. The summed E-state index contributed by atoms with van der Waals surface area (Å²) in [6, 6.07) is 3.28. The van der Waals surface area contributed by atoms with E-state index in [9.17, 15) is 5.11 Å². The molecule has 0 aliphatic rings. The van der Waals surface area contributed by atoms with Gasteiger partial charge >= 0.3 is 0 Å². The normalized spacial score (nSPS) is 11.7. The molecule has 1 atom stereocenters. The van der Waals surface area contributed by atoms with Crippen LogP contribution in [0.15, 0.2) is 12.1 Å². The minimum atomic E-state index is -0.0815. The maximum Gasteiger partial charge on any atom is 0.176 e. The zero-order chi connectivity index (χ0) is 10.7. The molecule has 0 radical (unpaired) electrons. The largest absolute Gasteiger partial charge is 0.503 e. The molecular weight excluding hydrogens is 237 g/mol. The van der Waals surface area contributed by atoms with E-state index in [2.05, 4.69) is 0 Å². The first-order valence-electron chi connectivity index (χ1n) is 4.42. The van der Waals surface area contributed by atoms with Gasteiger partial charge in [0.1, 0.15) is 0 Å². The van der Waals surface area contributed by atoms with Crippen molar-refractivity contribution in [3.63, 3.8) is 0 Å². The summed E-state index contributed by atoms with van der Waals surface area (Å²) in [7, 11) is 1.48. The van der Waals surface area contributed by atoms with Crippen molar-refractivity contribution in [2.45, 2.75) is 19.4 Å². The van der Waals surface area contributed by atoms with Crippen molar-refractivity contribution in [2.24, 2.45) is 5.73 Å². The van der Waals surface area contributed by atoms with Gasteiger partial charge < -0.3 is 15.6 Å². The van der Waals surface area contributed by atoms with E-state index in [4.69, 9.17) is 22.1 Å². The summed E-state index contributed by atoms with van der Waals surface area (Å²) < 4.78 is 4.97. The summed E-state index contributed by atoms with van der Waals surface area (Å²) in [6.07, 6.45) is 0.810. The molecule has 1 aromatic rings. The number of hydrogen-bond donors (Lipinski definition) is 2. The van der Waals surface area contributed by atoms with Gasteiger partial charge in [-0.15, -0.1) is 12.4 Å². The third-order valence-corrected chi connectivity index (χ3v) is 2.43. The lowest BCUT2D eigenvalue weighted by molar-refractivity contribution is 0.372. The Balaban J connectivity index is 0.00000196. The first-order valence-corrected chi connectivity index (χ1v) is 4.79. The van der Waals surface area contributed by atoms with Crippen LogP contribution in [0.3, 0.4) is 0 Å². The highest BCUT2D eigenvalue weighted by atomic mass is 35.5. The Bertz CT molecular complexity index is 331. The molecule has 86 valence electrons. The van der Waals surface area contributed by atoms with Gasteiger partial charge in [-0.2, -0.15) is 0 Å². The fourth-order valence-corrected chi connectivity index (χ4v) is 1.42. The SMILES string of the molecule is CC[C@H](N)c1cc(Cl)c(O)c(OC)c1.Cl. The fourth-order valence-electron chi connectivity index (χ4n) is 1.20. The third kappa shape index (κ3) is 3.16. The van der Waals surface area contributed by atoms with Crippen LogP contribution < -0.4 is 10.5 Å². The summed E-state index contributed by atoms with van der Waals surface area (Å²) in [4.78, 5) is 0. The molecule has 3 N–H and O–H groups in total. The van der Waals surface area contributed by atoms with Gasteiger partial charge in [0.2, 0.25) is 0 Å². The average Bonchev–Trinajstić information content (AvgIpc) is 2.20. The van der Waals surface area contributed by atoms with Crippen molar-refractivity contribution < 1.29 is 9.84 Å². The van der Waals surface area contributed by atoms with E-state index in [1.54, 1.807) is 12.1 Å². The van der Waals surface area contributed by atoms with Crippen LogP contribution in [0.2, 0.25) is 5.02 Å². The average molecular weight is 252 g/mol. The predicted octanol–water partition coefficient (Wildman–Crippen LogP) is 2.89. The van der Waals surface area contributed by atoms with Crippen molar-refractivity contribution in [2.75, 3.05) is 7.11 Å². The topological polar surface area (TPSA) is 55.5 Å². The third-order valence-electron chi connectivity index (χ3n) is 2.14. The van der Waals surface area contributed by atoms with E-state index in [0.29, 0.717) is 5.75 Å². The van der Waals surface area contributed by atoms with Crippen molar-refractivity contribution in [1.29, 1.82) is 0 Å². The molecule has 0 spiro atoms. The van der Waals surface area contributed by atoms with Crippen molar-refractivity contribution in [3.05, 3.63) is 22.7 Å². The molecule has 5 heteroatoms. The molecule has 0 bridgehead atoms. The smallest absolute Gasteiger partial charge is 0.176 e. The quantitative estimate of drug-likeness (QED) is 0.869. The lowest BCUT2D eigenvalue weighted by atomic mass is 10.1. The lowest BCUT2D eigenvalue weighted by Gasteiger charge is -2.12. The number of phenolic OH excluding ortho intramolecular Hbond substituents is 1. The van der Waals surface area contributed by atoms with Gasteiger partial charge in [-0.1, -0.05) is 18.5 Å². The molecule has 0 fully saturated rings. The maximum atomic E-state index is 9.48. The minimum Gasteiger partial charge on any atom is -0.503 e. The number of halogens is 2. The van der Waals surface area contributed by atoms with Crippen LogP contribution in [-0.4, -0.2) is 12.2 Å². The number of nitrogens with two attached hydrogens (primary N) is 1. The standard InChI is InChI=1S/C10H14ClNO2.ClH/c1-3-8(12)6-4-7(11)10(13)9(5-6)14-2;/h4-5,8,13H,3,12H2,1-2H3;1H/t8-;/m0./s1. The van der Waals surface area contributed by atoms with E-state index in [1.165, 1.54) is 7.11 Å². The second-order valence-corrected chi connectivity index (χ2v) is 3.48. The molecule has 0 amide bonds. The first-order chi connectivity index (χ1) is 6.60. The van der Waals surface area contributed by atoms with Crippen LogP contribution in [0.5, 0.6) is 11.5 Å². The first kappa shape index (κ1) is 14.4. The highest BCUT2D eigenvalue weighted by Gasteiger charge is 2.12. The van der Waals surface area contributed by atoms with Gasteiger partial charge in [0.25, 0.3) is 0 Å². The summed E-state index contributed by atoms with van der Waals surface area (Å²) in [5.41, 5.74) is 6.71. The number of rotatable bonds is 3. The molecule has 0 aromatic heterocycles. The summed E-state index contributed by atoms with van der Waals surface area (Å²) in [5.74, 6) is 0.317. The van der Waals surface area contributed by atoms with E-state index < -0.39 is 0 Å². The Morgan fingerprint density at radius 2 is 2.13 bits per heavy atom. The molecular formula is C10H15Cl2NO2. The Hall–Kier alpha value is -0.640. The van der Waals surface area contributed by atoms with Crippen molar-refractivity contribution >= 4 is 24.0 Å². The van der Waals surface area contributed by atoms with Gasteiger partial charge in [-0.05, 0) is 24.1 Å². The molecule has 0 saturated heterocycles. The summed E-state index contributed by atoms with van der Waals surface area (Å²) in [5, 5.41) is 9.75. The number of hydrogen-bond acceptors (Lipinski definition) is 3. The van der Waals surface area contributed by atoms with Gasteiger partial charge in [0.05, 0.1) is 12.1 Å². The number of methoxy groups -OCH3 is 1. The van der Waals surface area contributed by atoms with Gasteiger partial charge in [-0.3, -0.25) is 0 Å². The second-order valence-electron chi connectivity index (χ2n) is 3.07. The minimum absolute atomic E-state index is 0. The van der Waals surface area contributed by atoms with Crippen LogP contribution >= 0.6 is 24.0 Å². The number of aromatic hydroxyl groups is 1. The molecule has 15 heavy (non-hydrogen) atoms. The van der Waals surface area contributed by atoms with E-state index >= 15 is 0 Å².